The molecule has 0 aliphatic heterocycles. The summed E-state index contributed by atoms with van der Waals surface area (Å²) in [5.74, 6) is 0.739. The molecule has 0 radical (unpaired) electrons. The van der Waals surface area contributed by atoms with Crippen molar-refractivity contribution >= 4 is 10.8 Å². The summed E-state index contributed by atoms with van der Waals surface area (Å²) in [6, 6.07) is 8.54. The van der Waals surface area contributed by atoms with Gasteiger partial charge >= 0.3 is 0 Å². The highest BCUT2D eigenvalue weighted by Gasteiger charge is 2.33. The normalized spacial score (nSPS) is 29.1. The Morgan fingerprint density at radius 3 is 2.79 bits per heavy atom. The van der Waals surface area contributed by atoms with Crippen molar-refractivity contribution in [2.24, 2.45) is 5.92 Å². The van der Waals surface area contributed by atoms with E-state index >= 15 is 0 Å². The summed E-state index contributed by atoms with van der Waals surface area (Å²) >= 11 is 0. The summed E-state index contributed by atoms with van der Waals surface area (Å²) in [6.45, 7) is 4.31. The monoisotopic (exact) mass is 279 g/mol. The fraction of sp³-hybridized carbons (Fsp3) is 0.625. The van der Waals surface area contributed by atoms with Gasteiger partial charge in [-0.25, -0.2) is 0 Å². The third-order valence-electron chi connectivity index (χ3n) is 4.35. The number of benzene rings is 1. The minimum Gasteiger partial charge on any atom is -0.316 e. The van der Waals surface area contributed by atoms with Crippen LogP contribution < -0.4 is 5.32 Å². The molecule has 0 bridgehead atoms. The lowest BCUT2D eigenvalue weighted by Crippen LogP contribution is -2.44. The van der Waals surface area contributed by atoms with Crippen molar-refractivity contribution in [3.05, 3.63) is 29.8 Å². The van der Waals surface area contributed by atoms with Crippen LogP contribution in [0, 0.1) is 12.8 Å². The average Bonchev–Trinajstić information content (AvgIpc) is 2.45. The topological polar surface area (TPSA) is 29.1 Å². The third-order valence-corrected chi connectivity index (χ3v) is 6.13. The maximum atomic E-state index is 12.9. The average molecular weight is 279 g/mol. The molecule has 0 heterocycles. The van der Waals surface area contributed by atoms with E-state index in [-0.39, 0.29) is 5.25 Å². The maximum Gasteiger partial charge on any atom is 0.0576 e. The summed E-state index contributed by atoms with van der Waals surface area (Å²) < 4.78 is 12.9. The van der Waals surface area contributed by atoms with Crippen LogP contribution in [0.15, 0.2) is 29.2 Å². The highest BCUT2D eigenvalue weighted by atomic mass is 32.2. The number of rotatable bonds is 4. The Morgan fingerprint density at radius 1 is 1.37 bits per heavy atom. The van der Waals surface area contributed by atoms with Crippen LogP contribution in [0.2, 0.25) is 0 Å². The van der Waals surface area contributed by atoms with Crippen molar-refractivity contribution in [2.75, 3.05) is 7.05 Å². The van der Waals surface area contributed by atoms with Crippen molar-refractivity contribution in [2.45, 2.75) is 55.7 Å². The Morgan fingerprint density at radius 2 is 2.16 bits per heavy atom. The SMILES string of the molecule is CCC1CCC(NC)C(S(=O)c2cccc(C)c2)C1. The summed E-state index contributed by atoms with van der Waals surface area (Å²) in [6.07, 6.45) is 4.71. The van der Waals surface area contributed by atoms with E-state index in [1.165, 1.54) is 18.4 Å². The van der Waals surface area contributed by atoms with Gasteiger partial charge in [-0.05, 0) is 56.8 Å². The van der Waals surface area contributed by atoms with E-state index in [0.717, 1.165) is 23.7 Å². The van der Waals surface area contributed by atoms with Gasteiger partial charge in [0.1, 0.15) is 0 Å². The number of hydrogen-bond donors (Lipinski definition) is 1. The molecule has 1 fully saturated rings. The Labute approximate surface area is 119 Å². The molecule has 0 aromatic heterocycles. The predicted molar refractivity (Wildman–Crippen MR) is 81.9 cm³/mol. The first-order valence-electron chi connectivity index (χ1n) is 7.30. The molecule has 19 heavy (non-hydrogen) atoms. The zero-order chi connectivity index (χ0) is 13.8. The first kappa shape index (κ1) is 14.7. The van der Waals surface area contributed by atoms with E-state index in [2.05, 4.69) is 31.3 Å². The smallest absolute Gasteiger partial charge is 0.0576 e. The van der Waals surface area contributed by atoms with Gasteiger partial charge in [0.05, 0.1) is 16.0 Å². The molecule has 1 N–H and O–H groups in total. The van der Waals surface area contributed by atoms with Crippen LogP contribution in [0.4, 0.5) is 0 Å². The standard InChI is InChI=1S/C16H25NOS/c1-4-13-8-9-15(17-3)16(11-13)19(18)14-7-5-6-12(2)10-14/h5-7,10,13,15-17H,4,8-9,11H2,1-3H3. The molecule has 1 aliphatic rings. The largest absolute Gasteiger partial charge is 0.316 e. The van der Waals surface area contributed by atoms with Crippen molar-refractivity contribution in [3.8, 4) is 0 Å². The second-order valence-corrected chi connectivity index (χ2v) is 7.31. The zero-order valence-corrected chi connectivity index (χ0v) is 13.0. The van der Waals surface area contributed by atoms with E-state index in [1.807, 2.05) is 19.2 Å². The minimum atomic E-state index is -0.895. The molecule has 4 unspecified atom stereocenters. The van der Waals surface area contributed by atoms with E-state index in [4.69, 9.17) is 0 Å². The minimum absolute atomic E-state index is 0.255. The highest BCUT2D eigenvalue weighted by molar-refractivity contribution is 7.85. The molecule has 1 aliphatic carbocycles. The van der Waals surface area contributed by atoms with Crippen molar-refractivity contribution in [3.63, 3.8) is 0 Å². The molecule has 106 valence electrons. The highest BCUT2D eigenvalue weighted by Crippen LogP contribution is 2.32. The number of hydrogen-bond acceptors (Lipinski definition) is 2. The van der Waals surface area contributed by atoms with Crippen LogP contribution in [0.3, 0.4) is 0 Å². The molecule has 4 atom stereocenters. The second kappa shape index (κ2) is 6.67. The van der Waals surface area contributed by atoms with E-state index in [9.17, 15) is 4.21 Å². The summed E-state index contributed by atoms with van der Waals surface area (Å²) in [5.41, 5.74) is 1.19. The van der Waals surface area contributed by atoms with Crippen LogP contribution in [-0.2, 0) is 10.8 Å². The van der Waals surface area contributed by atoms with Gasteiger partial charge in [0.15, 0.2) is 0 Å². The number of nitrogens with one attached hydrogen (secondary N) is 1. The van der Waals surface area contributed by atoms with Crippen molar-refractivity contribution in [1.29, 1.82) is 0 Å². The fourth-order valence-electron chi connectivity index (χ4n) is 3.06. The molecular weight excluding hydrogens is 254 g/mol. The molecule has 0 amide bonds. The lowest BCUT2D eigenvalue weighted by Gasteiger charge is -2.35. The van der Waals surface area contributed by atoms with Crippen LogP contribution in [-0.4, -0.2) is 22.5 Å². The molecule has 2 rings (SSSR count). The van der Waals surface area contributed by atoms with Crippen LogP contribution in [0.25, 0.3) is 0 Å². The van der Waals surface area contributed by atoms with E-state index in [0.29, 0.717) is 6.04 Å². The summed E-state index contributed by atoms with van der Waals surface area (Å²) in [7, 11) is 1.10. The van der Waals surface area contributed by atoms with Crippen molar-refractivity contribution < 1.29 is 4.21 Å². The number of aryl methyl sites for hydroxylation is 1. The van der Waals surface area contributed by atoms with Gasteiger partial charge in [0.2, 0.25) is 0 Å². The van der Waals surface area contributed by atoms with Gasteiger partial charge in [-0.1, -0.05) is 25.5 Å². The Balaban J connectivity index is 2.19. The summed E-state index contributed by atoms with van der Waals surface area (Å²) in [5, 5.41) is 3.63. The van der Waals surface area contributed by atoms with Gasteiger partial charge in [-0.3, -0.25) is 4.21 Å². The Bertz CT molecular complexity index is 446. The Kier molecular flexibility index (Phi) is 5.17. The van der Waals surface area contributed by atoms with Gasteiger partial charge in [-0.15, -0.1) is 0 Å². The van der Waals surface area contributed by atoms with Gasteiger partial charge < -0.3 is 5.32 Å². The van der Waals surface area contributed by atoms with Crippen LogP contribution in [0.5, 0.6) is 0 Å². The summed E-state index contributed by atoms with van der Waals surface area (Å²) in [4.78, 5) is 0.988. The molecule has 1 aromatic carbocycles. The molecule has 3 heteroatoms. The fourth-order valence-corrected chi connectivity index (χ4v) is 4.95. The van der Waals surface area contributed by atoms with Crippen LogP contribution >= 0.6 is 0 Å². The lowest BCUT2D eigenvalue weighted by molar-refractivity contribution is 0.301. The molecule has 1 aromatic rings. The third kappa shape index (κ3) is 3.46. The first-order valence-corrected chi connectivity index (χ1v) is 8.51. The Hall–Kier alpha value is -0.670. The second-order valence-electron chi connectivity index (χ2n) is 5.63. The molecule has 0 spiro atoms. The first-order chi connectivity index (χ1) is 9.15. The quantitative estimate of drug-likeness (QED) is 0.916. The van der Waals surface area contributed by atoms with E-state index < -0.39 is 10.8 Å². The zero-order valence-electron chi connectivity index (χ0n) is 12.2. The molecule has 2 nitrogen and oxygen atoms in total. The molecule has 1 saturated carbocycles. The van der Waals surface area contributed by atoms with E-state index in [1.54, 1.807) is 0 Å². The predicted octanol–water partition coefficient (Wildman–Crippen LogP) is 3.27. The molecular formula is C16H25NOS. The van der Waals surface area contributed by atoms with Gasteiger partial charge in [-0.2, -0.15) is 0 Å². The van der Waals surface area contributed by atoms with Crippen LogP contribution in [0.1, 0.15) is 38.2 Å². The van der Waals surface area contributed by atoms with Crippen molar-refractivity contribution in [1.82, 2.24) is 5.32 Å². The van der Waals surface area contributed by atoms with Gasteiger partial charge in [0, 0.05) is 10.9 Å². The molecule has 0 saturated heterocycles. The maximum absolute atomic E-state index is 12.9. The lowest BCUT2D eigenvalue weighted by atomic mass is 9.84. The van der Waals surface area contributed by atoms with Gasteiger partial charge in [0.25, 0.3) is 0 Å².